The number of fused-ring (bicyclic) bond motifs is 1. The molecular formula is C15H17NO4. The van der Waals surface area contributed by atoms with Crippen LogP contribution in [0.25, 0.3) is 11.0 Å². The van der Waals surface area contributed by atoms with Crippen LogP contribution in [0.15, 0.2) is 39.5 Å². The minimum absolute atomic E-state index is 0.0109. The summed E-state index contributed by atoms with van der Waals surface area (Å²) in [4.78, 5) is 25.5. The van der Waals surface area contributed by atoms with Crippen LogP contribution in [0.5, 0.6) is 0 Å². The summed E-state index contributed by atoms with van der Waals surface area (Å²) in [5.41, 5.74) is -0.171. The molecule has 1 unspecified atom stereocenters. The fraction of sp³-hybridized carbons (Fsp3) is 0.333. The zero-order chi connectivity index (χ0) is 14.7. The number of amides is 1. The van der Waals surface area contributed by atoms with E-state index in [1.54, 1.807) is 38.2 Å². The first-order valence-corrected chi connectivity index (χ1v) is 6.45. The van der Waals surface area contributed by atoms with Crippen molar-refractivity contribution in [2.24, 2.45) is 0 Å². The number of para-hydroxylation sites is 1. The zero-order valence-corrected chi connectivity index (χ0v) is 11.5. The van der Waals surface area contributed by atoms with E-state index in [-0.39, 0.29) is 5.56 Å². The number of nitrogens with zero attached hydrogens (tertiary/aromatic N) is 1. The first-order valence-electron chi connectivity index (χ1n) is 6.45. The molecule has 0 radical (unpaired) electrons. The Labute approximate surface area is 116 Å². The maximum atomic E-state index is 12.2. The quantitative estimate of drug-likeness (QED) is 0.861. The first-order chi connectivity index (χ1) is 9.49. The molecule has 0 aliphatic heterocycles. The molecule has 0 aliphatic rings. The van der Waals surface area contributed by atoms with Crippen LogP contribution < -0.4 is 5.63 Å². The van der Waals surface area contributed by atoms with Gasteiger partial charge in [0.15, 0.2) is 0 Å². The van der Waals surface area contributed by atoms with Gasteiger partial charge in [-0.3, -0.25) is 4.79 Å². The minimum Gasteiger partial charge on any atom is -0.422 e. The van der Waals surface area contributed by atoms with E-state index in [9.17, 15) is 14.7 Å². The summed E-state index contributed by atoms with van der Waals surface area (Å²) < 4.78 is 5.14. The lowest BCUT2D eigenvalue weighted by molar-refractivity contribution is 0.0765. The van der Waals surface area contributed by atoms with Gasteiger partial charge in [0.1, 0.15) is 11.1 Å². The van der Waals surface area contributed by atoms with Gasteiger partial charge in [-0.15, -0.1) is 0 Å². The van der Waals surface area contributed by atoms with Gasteiger partial charge in [0.2, 0.25) is 0 Å². The van der Waals surface area contributed by atoms with Crippen LogP contribution in [0.1, 0.15) is 23.7 Å². The zero-order valence-electron chi connectivity index (χ0n) is 11.5. The third-order valence-electron chi connectivity index (χ3n) is 3.10. The second-order valence-electron chi connectivity index (χ2n) is 4.85. The monoisotopic (exact) mass is 275 g/mol. The summed E-state index contributed by atoms with van der Waals surface area (Å²) in [5.74, 6) is -0.398. The van der Waals surface area contributed by atoms with Crippen LogP contribution in [0.2, 0.25) is 0 Å². The highest BCUT2D eigenvalue weighted by molar-refractivity contribution is 5.96. The Morgan fingerprint density at radius 2 is 2.10 bits per heavy atom. The van der Waals surface area contributed by atoms with E-state index < -0.39 is 17.6 Å². The lowest BCUT2D eigenvalue weighted by atomic mass is 10.1. The van der Waals surface area contributed by atoms with E-state index in [0.717, 1.165) is 0 Å². The highest BCUT2D eigenvalue weighted by Gasteiger charge is 2.17. The molecule has 5 nitrogen and oxygen atoms in total. The third kappa shape index (κ3) is 3.05. The Kier molecular flexibility index (Phi) is 4.20. The van der Waals surface area contributed by atoms with Crippen LogP contribution in [0, 0.1) is 0 Å². The number of benzene rings is 1. The molecule has 2 aromatic rings. The maximum Gasteiger partial charge on any atom is 0.349 e. The normalized spacial score (nSPS) is 12.3. The number of hydrogen-bond acceptors (Lipinski definition) is 4. The number of hydrogen-bond donors (Lipinski definition) is 1. The highest BCUT2D eigenvalue weighted by Crippen LogP contribution is 2.13. The molecule has 1 aromatic heterocycles. The summed E-state index contributed by atoms with van der Waals surface area (Å²) >= 11 is 0. The van der Waals surface area contributed by atoms with E-state index in [0.29, 0.717) is 23.9 Å². The summed E-state index contributed by atoms with van der Waals surface area (Å²) in [6, 6.07) is 8.59. The van der Waals surface area contributed by atoms with Crippen molar-refractivity contribution in [3.63, 3.8) is 0 Å². The van der Waals surface area contributed by atoms with Crippen molar-refractivity contribution in [2.45, 2.75) is 19.4 Å². The molecule has 0 saturated heterocycles. The average molecular weight is 275 g/mol. The third-order valence-corrected chi connectivity index (χ3v) is 3.10. The van der Waals surface area contributed by atoms with Gasteiger partial charge < -0.3 is 14.4 Å². The summed E-state index contributed by atoms with van der Waals surface area (Å²) in [7, 11) is 1.60. The Balaban J connectivity index is 2.30. The van der Waals surface area contributed by atoms with Crippen LogP contribution in [-0.2, 0) is 0 Å². The van der Waals surface area contributed by atoms with E-state index in [4.69, 9.17) is 4.42 Å². The molecule has 0 saturated carbocycles. The number of carbonyl (C=O) groups excluding carboxylic acids is 1. The highest BCUT2D eigenvalue weighted by atomic mass is 16.4. The lowest BCUT2D eigenvalue weighted by Gasteiger charge is -2.17. The number of aliphatic hydroxyl groups is 1. The Hall–Kier alpha value is -2.14. The molecule has 0 bridgehead atoms. The van der Waals surface area contributed by atoms with Gasteiger partial charge in [-0.05, 0) is 25.5 Å². The smallest absolute Gasteiger partial charge is 0.349 e. The van der Waals surface area contributed by atoms with E-state index >= 15 is 0 Å². The van der Waals surface area contributed by atoms with Crippen LogP contribution in [0.3, 0.4) is 0 Å². The van der Waals surface area contributed by atoms with Crippen molar-refractivity contribution >= 4 is 16.9 Å². The van der Waals surface area contributed by atoms with Crippen molar-refractivity contribution in [1.82, 2.24) is 4.90 Å². The van der Waals surface area contributed by atoms with Gasteiger partial charge in [-0.25, -0.2) is 4.79 Å². The van der Waals surface area contributed by atoms with Gasteiger partial charge in [-0.1, -0.05) is 18.2 Å². The fourth-order valence-corrected chi connectivity index (χ4v) is 1.90. The molecule has 1 aromatic carbocycles. The molecule has 106 valence electrons. The average Bonchev–Trinajstić information content (AvgIpc) is 2.43. The molecular weight excluding hydrogens is 258 g/mol. The lowest BCUT2D eigenvalue weighted by Crippen LogP contribution is -2.32. The Morgan fingerprint density at radius 3 is 2.80 bits per heavy atom. The summed E-state index contributed by atoms with van der Waals surface area (Å²) in [6.07, 6.45) is -0.0282. The summed E-state index contributed by atoms with van der Waals surface area (Å²) in [6.45, 7) is 2.03. The predicted molar refractivity (Wildman–Crippen MR) is 75.7 cm³/mol. The molecule has 1 N–H and O–H groups in total. The molecule has 0 aliphatic carbocycles. The molecule has 20 heavy (non-hydrogen) atoms. The molecule has 0 spiro atoms. The SMILES string of the molecule is CC(O)CCN(C)C(=O)c1cc2ccccc2oc1=O. The first kappa shape index (κ1) is 14.3. The molecule has 1 heterocycles. The Bertz CT molecular complexity index is 675. The topological polar surface area (TPSA) is 70.8 Å². The fourth-order valence-electron chi connectivity index (χ4n) is 1.90. The van der Waals surface area contributed by atoms with Crippen molar-refractivity contribution in [2.75, 3.05) is 13.6 Å². The molecule has 5 heteroatoms. The summed E-state index contributed by atoms with van der Waals surface area (Å²) in [5, 5.41) is 9.94. The molecule has 0 fully saturated rings. The Morgan fingerprint density at radius 1 is 1.40 bits per heavy atom. The molecule has 1 amide bonds. The largest absolute Gasteiger partial charge is 0.422 e. The van der Waals surface area contributed by atoms with Crippen molar-refractivity contribution in [3.8, 4) is 0 Å². The van der Waals surface area contributed by atoms with E-state index in [2.05, 4.69) is 0 Å². The van der Waals surface area contributed by atoms with Gasteiger partial charge in [0.25, 0.3) is 5.91 Å². The number of aliphatic hydroxyl groups excluding tert-OH is 1. The maximum absolute atomic E-state index is 12.2. The van der Waals surface area contributed by atoms with Crippen LogP contribution >= 0.6 is 0 Å². The predicted octanol–water partition coefficient (Wildman–Crippen LogP) is 1.64. The van der Waals surface area contributed by atoms with Gasteiger partial charge in [0.05, 0.1) is 6.10 Å². The van der Waals surface area contributed by atoms with Crippen molar-refractivity contribution in [1.29, 1.82) is 0 Å². The van der Waals surface area contributed by atoms with E-state index in [1.165, 1.54) is 4.90 Å². The van der Waals surface area contributed by atoms with E-state index in [1.807, 2.05) is 6.07 Å². The van der Waals surface area contributed by atoms with Gasteiger partial charge in [0, 0.05) is 19.0 Å². The van der Waals surface area contributed by atoms with Crippen molar-refractivity contribution < 1.29 is 14.3 Å². The standard InChI is InChI=1S/C15H17NO4/c1-10(17)7-8-16(2)14(18)12-9-11-5-3-4-6-13(11)20-15(12)19/h3-6,9-10,17H,7-8H2,1-2H3. The second kappa shape index (κ2) is 5.88. The van der Waals surface area contributed by atoms with Gasteiger partial charge in [-0.2, -0.15) is 0 Å². The van der Waals surface area contributed by atoms with Gasteiger partial charge >= 0.3 is 5.63 Å². The van der Waals surface area contributed by atoms with Crippen molar-refractivity contribution in [3.05, 3.63) is 46.3 Å². The molecule has 2 rings (SSSR count). The minimum atomic E-state index is -0.641. The number of rotatable bonds is 4. The second-order valence-corrected chi connectivity index (χ2v) is 4.85. The van der Waals surface area contributed by atoms with Crippen LogP contribution in [-0.4, -0.2) is 35.6 Å². The van der Waals surface area contributed by atoms with Crippen LogP contribution in [0.4, 0.5) is 0 Å². The molecule has 1 atom stereocenters. The number of carbonyl (C=O) groups is 1.